The van der Waals surface area contributed by atoms with Crippen LogP contribution in [0.15, 0.2) is 18.2 Å². The van der Waals surface area contributed by atoms with E-state index in [1.165, 1.54) is 12.1 Å². The average molecular weight is 303 g/mol. The van der Waals surface area contributed by atoms with E-state index in [-0.39, 0.29) is 12.4 Å². The second-order valence-electron chi connectivity index (χ2n) is 2.76. The first-order valence-electron chi connectivity index (χ1n) is 4.39. The van der Waals surface area contributed by atoms with Crippen molar-refractivity contribution in [2.45, 2.75) is 0 Å². The molecule has 0 unspecified atom stereocenters. The Kier molecular flexibility index (Phi) is 11.5. The van der Waals surface area contributed by atoms with Crippen molar-refractivity contribution in [1.29, 1.82) is 0 Å². The first kappa shape index (κ1) is 18.7. The number of hydrogen-bond acceptors (Lipinski definition) is 3. The number of rotatable bonds is 3. The third-order valence-electron chi connectivity index (χ3n) is 1.25. The molecule has 0 bridgehead atoms. The predicted octanol–water partition coefficient (Wildman–Crippen LogP) is 2.71. The van der Waals surface area contributed by atoms with Crippen LogP contribution in [0.5, 0.6) is 5.75 Å². The van der Waals surface area contributed by atoms with Gasteiger partial charge in [0.2, 0.25) is 0 Å². The molecule has 0 amide bonds. The van der Waals surface area contributed by atoms with Gasteiger partial charge >= 0.3 is 5.97 Å². The summed E-state index contributed by atoms with van der Waals surface area (Å²) in [4.78, 5) is 10.2. The van der Waals surface area contributed by atoms with Crippen molar-refractivity contribution in [1.82, 2.24) is 5.32 Å². The van der Waals surface area contributed by atoms with Crippen LogP contribution in [0.3, 0.4) is 0 Å². The number of carboxylic acids is 1. The molecule has 0 aliphatic rings. The highest BCUT2D eigenvalue weighted by atomic mass is 35.5. The molecular formula is C10H14Cl3NO3. The number of halogens is 3. The lowest BCUT2D eigenvalue weighted by atomic mass is 10.3. The Morgan fingerprint density at radius 2 is 1.94 bits per heavy atom. The molecule has 4 nitrogen and oxygen atoms in total. The molecule has 1 aromatic carbocycles. The topological polar surface area (TPSA) is 58.6 Å². The second-order valence-corrected chi connectivity index (χ2v) is 3.60. The van der Waals surface area contributed by atoms with Gasteiger partial charge in [0.1, 0.15) is 5.75 Å². The molecule has 2 N–H and O–H groups in total. The average Bonchev–Trinajstić information content (AvgIpc) is 2.17. The SMILES string of the molecule is CNC.Cl.O=C(O)COc1ccc(Cl)cc1Cl. The molecule has 0 saturated heterocycles. The monoisotopic (exact) mass is 301 g/mol. The molecule has 98 valence electrons. The maximum atomic E-state index is 10.2. The minimum absolute atomic E-state index is 0. The smallest absolute Gasteiger partial charge is 0.341 e. The second kappa shape index (κ2) is 10.5. The fourth-order valence-electron chi connectivity index (χ4n) is 0.732. The zero-order chi connectivity index (χ0) is 12.6. The third kappa shape index (κ3) is 9.06. The van der Waals surface area contributed by atoms with Gasteiger partial charge in [0, 0.05) is 5.02 Å². The van der Waals surface area contributed by atoms with E-state index in [0.29, 0.717) is 15.8 Å². The van der Waals surface area contributed by atoms with Gasteiger partial charge in [-0.25, -0.2) is 4.79 Å². The van der Waals surface area contributed by atoms with E-state index in [9.17, 15) is 4.79 Å². The van der Waals surface area contributed by atoms with Crippen molar-refractivity contribution in [3.8, 4) is 5.75 Å². The number of nitrogens with one attached hydrogen (secondary N) is 1. The summed E-state index contributed by atoms with van der Waals surface area (Å²) in [5.41, 5.74) is 0. The van der Waals surface area contributed by atoms with Crippen LogP contribution in [0.1, 0.15) is 0 Å². The summed E-state index contributed by atoms with van der Waals surface area (Å²) >= 11 is 11.3. The van der Waals surface area contributed by atoms with E-state index in [4.69, 9.17) is 33.0 Å². The van der Waals surface area contributed by atoms with Gasteiger partial charge in [0.15, 0.2) is 6.61 Å². The first-order chi connectivity index (χ1) is 7.51. The molecule has 0 heterocycles. The molecule has 0 radical (unpaired) electrons. The largest absolute Gasteiger partial charge is 0.480 e. The van der Waals surface area contributed by atoms with Crippen LogP contribution in [-0.2, 0) is 4.79 Å². The van der Waals surface area contributed by atoms with Crippen LogP contribution in [0.2, 0.25) is 10.0 Å². The van der Waals surface area contributed by atoms with Crippen LogP contribution in [0.4, 0.5) is 0 Å². The molecule has 0 saturated carbocycles. The van der Waals surface area contributed by atoms with Gasteiger partial charge in [-0.2, -0.15) is 0 Å². The maximum absolute atomic E-state index is 10.2. The van der Waals surface area contributed by atoms with E-state index >= 15 is 0 Å². The Morgan fingerprint density at radius 3 is 2.35 bits per heavy atom. The highest BCUT2D eigenvalue weighted by Gasteiger charge is 2.04. The Labute approximate surface area is 116 Å². The van der Waals surface area contributed by atoms with Crippen molar-refractivity contribution in [3.63, 3.8) is 0 Å². The Balaban J connectivity index is 0. The van der Waals surface area contributed by atoms with Crippen molar-refractivity contribution >= 4 is 41.6 Å². The summed E-state index contributed by atoms with van der Waals surface area (Å²) < 4.78 is 4.86. The number of ether oxygens (including phenoxy) is 1. The first-order valence-corrected chi connectivity index (χ1v) is 5.15. The van der Waals surface area contributed by atoms with E-state index in [1.54, 1.807) is 6.07 Å². The molecule has 0 atom stereocenters. The van der Waals surface area contributed by atoms with Crippen molar-refractivity contribution in [2.75, 3.05) is 20.7 Å². The van der Waals surface area contributed by atoms with Crippen LogP contribution < -0.4 is 10.1 Å². The third-order valence-corrected chi connectivity index (χ3v) is 1.78. The van der Waals surface area contributed by atoms with E-state index in [2.05, 4.69) is 5.32 Å². The highest BCUT2D eigenvalue weighted by molar-refractivity contribution is 6.35. The highest BCUT2D eigenvalue weighted by Crippen LogP contribution is 2.27. The molecule has 0 aliphatic heterocycles. The minimum Gasteiger partial charge on any atom is -0.480 e. The lowest BCUT2D eigenvalue weighted by Crippen LogP contribution is -2.09. The van der Waals surface area contributed by atoms with E-state index in [1.807, 2.05) is 14.1 Å². The maximum Gasteiger partial charge on any atom is 0.341 e. The summed E-state index contributed by atoms with van der Waals surface area (Å²) in [6.07, 6.45) is 0. The number of carboxylic acid groups (broad SMARTS) is 1. The normalized spacial score (nSPS) is 8.47. The van der Waals surface area contributed by atoms with Gasteiger partial charge in [0.05, 0.1) is 5.02 Å². The van der Waals surface area contributed by atoms with Gasteiger partial charge < -0.3 is 15.2 Å². The van der Waals surface area contributed by atoms with Crippen LogP contribution in [0.25, 0.3) is 0 Å². The lowest BCUT2D eigenvalue weighted by Gasteiger charge is -2.04. The van der Waals surface area contributed by atoms with Crippen LogP contribution >= 0.6 is 35.6 Å². The van der Waals surface area contributed by atoms with Gasteiger partial charge in [-0.15, -0.1) is 12.4 Å². The summed E-state index contributed by atoms with van der Waals surface area (Å²) in [7, 11) is 3.75. The van der Waals surface area contributed by atoms with Crippen molar-refractivity contribution < 1.29 is 14.6 Å². The fourth-order valence-corrected chi connectivity index (χ4v) is 1.19. The minimum atomic E-state index is -1.05. The van der Waals surface area contributed by atoms with Gasteiger partial charge in [-0.1, -0.05) is 23.2 Å². The van der Waals surface area contributed by atoms with E-state index in [0.717, 1.165) is 0 Å². The molecule has 1 aromatic rings. The molecular weight excluding hydrogens is 288 g/mol. The van der Waals surface area contributed by atoms with Crippen molar-refractivity contribution in [3.05, 3.63) is 28.2 Å². The van der Waals surface area contributed by atoms with Crippen LogP contribution in [0, 0.1) is 0 Å². The van der Waals surface area contributed by atoms with Gasteiger partial charge in [0.25, 0.3) is 0 Å². The Hall–Kier alpha value is -0.680. The van der Waals surface area contributed by atoms with Crippen molar-refractivity contribution in [2.24, 2.45) is 0 Å². The molecule has 17 heavy (non-hydrogen) atoms. The van der Waals surface area contributed by atoms with E-state index < -0.39 is 12.6 Å². The number of aliphatic carboxylic acids is 1. The molecule has 1 rings (SSSR count). The molecule has 7 heteroatoms. The number of carbonyl (C=O) groups is 1. The zero-order valence-corrected chi connectivity index (χ0v) is 11.7. The summed E-state index contributed by atoms with van der Waals surface area (Å²) in [5.74, 6) is -0.737. The van der Waals surface area contributed by atoms with Crippen LogP contribution in [-0.4, -0.2) is 31.8 Å². The fraction of sp³-hybridized carbons (Fsp3) is 0.300. The standard InChI is InChI=1S/C8H6Cl2O3.C2H7N.ClH/c9-5-1-2-7(6(10)3-5)13-4-8(11)12;1-3-2;/h1-3H,4H2,(H,11,12);3H,1-2H3;1H. The zero-order valence-electron chi connectivity index (χ0n) is 9.37. The Morgan fingerprint density at radius 1 is 1.41 bits per heavy atom. The number of benzene rings is 1. The molecule has 0 aromatic heterocycles. The van der Waals surface area contributed by atoms with Gasteiger partial charge in [-0.05, 0) is 32.3 Å². The van der Waals surface area contributed by atoms with Gasteiger partial charge in [-0.3, -0.25) is 0 Å². The lowest BCUT2D eigenvalue weighted by molar-refractivity contribution is -0.139. The summed E-state index contributed by atoms with van der Waals surface area (Å²) in [6, 6.07) is 4.58. The predicted molar refractivity (Wildman–Crippen MR) is 71.8 cm³/mol. The molecule has 0 spiro atoms. The summed E-state index contributed by atoms with van der Waals surface area (Å²) in [5, 5.41) is 11.9. The quantitative estimate of drug-likeness (QED) is 0.901. The summed E-state index contributed by atoms with van der Waals surface area (Å²) in [6.45, 7) is -0.415. The Bertz CT molecular complexity index is 348. The number of hydrogen-bond donors (Lipinski definition) is 2. The molecule has 0 aliphatic carbocycles. The molecule has 0 fully saturated rings.